The first kappa shape index (κ1) is 29.8. The Hall–Kier alpha value is -2.78. The maximum absolute atomic E-state index is 13.9. The van der Waals surface area contributed by atoms with Gasteiger partial charge in [0, 0.05) is 23.1 Å². The van der Waals surface area contributed by atoms with Gasteiger partial charge in [0.25, 0.3) is 10.0 Å². The van der Waals surface area contributed by atoms with E-state index in [2.05, 4.69) is 5.32 Å². The van der Waals surface area contributed by atoms with Crippen molar-refractivity contribution in [2.45, 2.75) is 37.8 Å². The molecule has 0 unspecified atom stereocenters. The van der Waals surface area contributed by atoms with E-state index in [-0.39, 0.29) is 28.1 Å². The molecule has 38 heavy (non-hydrogen) atoms. The maximum atomic E-state index is 13.9. The first-order valence-electron chi connectivity index (χ1n) is 11.9. The second-order valence-corrected chi connectivity index (χ2v) is 11.5. The third-order valence-electron chi connectivity index (χ3n) is 5.82. The van der Waals surface area contributed by atoms with Crippen LogP contribution in [0, 0.1) is 0 Å². The van der Waals surface area contributed by atoms with E-state index in [0.717, 1.165) is 4.31 Å². The normalized spacial score (nSPS) is 12.0. The van der Waals surface area contributed by atoms with E-state index < -0.39 is 28.5 Å². The van der Waals surface area contributed by atoms with E-state index in [9.17, 15) is 18.0 Å². The number of hydrogen-bond acceptors (Lipinski definition) is 4. The summed E-state index contributed by atoms with van der Waals surface area (Å²) in [6.45, 7) is 3.29. The van der Waals surface area contributed by atoms with E-state index in [1.54, 1.807) is 68.4 Å². The first-order valence-corrected chi connectivity index (χ1v) is 14.5. The van der Waals surface area contributed by atoms with E-state index >= 15 is 0 Å². The zero-order valence-corrected chi connectivity index (χ0v) is 24.0. The number of amides is 2. The van der Waals surface area contributed by atoms with E-state index in [4.69, 9.17) is 34.8 Å². The molecule has 3 aromatic carbocycles. The van der Waals surface area contributed by atoms with Gasteiger partial charge in [-0.1, -0.05) is 78.1 Å². The molecule has 0 aliphatic carbocycles. The Morgan fingerprint density at radius 3 is 2.16 bits per heavy atom. The maximum Gasteiger partial charge on any atom is 0.264 e. The minimum atomic E-state index is -4.20. The third kappa shape index (κ3) is 6.99. The number of carbonyl (C=O) groups excluding carboxylic acids is 2. The molecular weight excluding hydrogens is 569 g/mol. The lowest BCUT2D eigenvalue weighted by Crippen LogP contribution is -2.52. The minimum absolute atomic E-state index is 0.00390. The summed E-state index contributed by atoms with van der Waals surface area (Å²) in [5, 5.41) is 3.65. The lowest BCUT2D eigenvalue weighted by atomic mass is 10.1. The molecule has 0 fully saturated rings. The van der Waals surface area contributed by atoms with Crippen molar-refractivity contribution in [2.75, 3.05) is 17.4 Å². The number of nitrogens with zero attached hydrogens (tertiary/aromatic N) is 2. The highest BCUT2D eigenvalue weighted by Gasteiger charge is 2.34. The number of likely N-dealkylation sites (N-methyl/N-ethyl adjacent to an activating group) is 1. The average Bonchev–Trinajstić information content (AvgIpc) is 2.89. The van der Waals surface area contributed by atoms with Gasteiger partial charge in [0.05, 0.1) is 15.6 Å². The second-order valence-electron chi connectivity index (χ2n) is 8.35. The lowest BCUT2D eigenvalue weighted by Gasteiger charge is -2.33. The molecule has 0 aliphatic rings. The predicted molar refractivity (Wildman–Crippen MR) is 152 cm³/mol. The molecule has 0 heterocycles. The van der Waals surface area contributed by atoms with Gasteiger partial charge < -0.3 is 10.2 Å². The molecule has 11 heteroatoms. The molecule has 2 amide bonds. The highest BCUT2D eigenvalue weighted by molar-refractivity contribution is 7.92. The molecule has 1 N–H and O–H groups in total. The van der Waals surface area contributed by atoms with Crippen molar-refractivity contribution in [1.29, 1.82) is 0 Å². The van der Waals surface area contributed by atoms with Crippen LogP contribution in [-0.2, 0) is 26.2 Å². The van der Waals surface area contributed by atoms with Gasteiger partial charge >= 0.3 is 0 Å². The number of para-hydroxylation sites is 1. The largest absolute Gasteiger partial charge is 0.355 e. The van der Waals surface area contributed by atoms with Crippen molar-refractivity contribution in [2.24, 2.45) is 0 Å². The van der Waals surface area contributed by atoms with Gasteiger partial charge in [-0.3, -0.25) is 13.9 Å². The van der Waals surface area contributed by atoms with Crippen molar-refractivity contribution in [3.05, 3.63) is 93.4 Å². The second kappa shape index (κ2) is 13.3. The summed E-state index contributed by atoms with van der Waals surface area (Å²) in [6.07, 6.45) is 0.292. The van der Waals surface area contributed by atoms with Gasteiger partial charge in [-0.25, -0.2) is 8.42 Å². The molecule has 3 rings (SSSR count). The SMILES string of the molecule is CCNC(=O)[C@@H](CC)N(Cc1ccc(Cl)cc1Cl)C(=O)CN(c1ccccc1Cl)S(=O)(=O)c1ccccc1. The molecule has 0 aromatic heterocycles. The van der Waals surface area contributed by atoms with Crippen LogP contribution in [0.5, 0.6) is 0 Å². The van der Waals surface area contributed by atoms with Crippen molar-refractivity contribution in [3.63, 3.8) is 0 Å². The highest BCUT2D eigenvalue weighted by Crippen LogP contribution is 2.31. The number of carbonyl (C=O) groups is 2. The number of nitrogens with one attached hydrogen (secondary N) is 1. The van der Waals surface area contributed by atoms with Crippen LogP contribution in [0.3, 0.4) is 0 Å². The van der Waals surface area contributed by atoms with E-state index in [1.165, 1.54) is 23.1 Å². The highest BCUT2D eigenvalue weighted by atomic mass is 35.5. The number of sulfonamides is 1. The minimum Gasteiger partial charge on any atom is -0.355 e. The Labute approximate surface area is 238 Å². The van der Waals surface area contributed by atoms with Gasteiger partial charge in [-0.15, -0.1) is 0 Å². The average molecular weight is 597 g/mol. The first-order chi connectivity index (χ1) is 18.1. The molecule has 7 nitrogen and oxygen atoms in total. The Kier molecular flexibility index (Phi) is 10.4. The molecular formula is C27H28Cl3N3O4S. The van der Waals surface area contributed by atoms with E-state index in [0.29, 0.717) is 28.6 Å². The Morgan fingerprint density at radius 1 is 0.895 bits per heavy atom. The van der Waals surface area contributed by atoms with Crippen LogP contribution < -0.4 is 9.62 Å². The van der Waals surface area contributed by atoms with Crippen LogP contribution in [-0.4, -0.2) is 44.3 Å². The monoisotopic (exact) mass is 595 g/mol. The fourth-order valence-corrected chi connectivity index (χ4v) is 6.14. The summed E-state index contributed by atoms with van der Waals surface area (Å²) in [5.41, 5.74) is 0.698. The van der Waals surface area contributed by atoms with Gasteiger partial charge in [-0.2, -0.15) is 0 Å². The summed E-state index contributed by atoms with van der Waals surface area (Å²) in [6, 6.07) is 18.1. The van der Waals surface area contributed by atoms with Crippen molar-refractivity contribution in [3.8, 4) is 0 Å². The summed E-state index contributed by atoms with van der Waals surface area (Å²) in [4.78, 5) is 28.2. The number of anilines is 1. The van der Waals surface area contributed by atoms with Crippen molar-refractivity contribution < 1.29 is 18.0 Å². The molecule has 0 saturated heterocycles. The summed E-state index contributed by atoms with van der Waals surface area (Å²) >= 11 is 18.8. The summed E-state index contributed by atoms with van der Waals surface area (Å²) in [5.74, 6) is -0.961. The molecule has 1 atom stereocenters. The molecule has 0 aliphatic heterocycles. The van der Waals surface area contributed by atoms with Gasteiger partial charge in [0.2, 0.25) is 11.8 Å². The van der Waals surface area contributed by atoms with Crippen LogP contribution in [0.1, 0.15) is 25.8 Å². The zero-order chi connectivity index (χ0) is 27.9. The van der Waals surface area contributed by atoms with Gasteiger partial charge in [0.15, 0.2) is 0 Å². The number of hydrogen-bond donors (Lipinski definition) is 1. The quantitative estimate of drug-likeness (QED) is 0.304. The fourth-order valence-electron chi connectivity index (χ4n) is 3.93. The smallest absolute Gasteiger partial charge is 0.264 e. The molecule has 0 bridgehead atoms. The Morgan fingerprint density at radius 2 is 1.55 bits per heavy atom. The van der Waals surface area contributed by atoms with E-state index in [1.807, 2.05) is 0 Å². The number of benzene rings is 3. The van der Waals surface area contributed by atoms with Crippen molar-refractivity contribution in [1.82, 2.24) is 10.2 Å². The van der Waals surface area contributed by atoms with Crippen LogP contribution in [0.15, 0.2) is 77.7 Å². The lowest BCUT2D eigenvalue weighted by molar-refractivity contribution is -0.140. The molecule has 0 spiro atoms. The topological polar surface area (TPSA) is 86.8 Å². The zero-order valence-electron chi connectivity index (χ0n) is 20.9. The standard InChI is InChI=1S/C27H28Cl3N3O4S/c1-3-24(27(35)31-4-2)32(17-19-14-15-20(28)16-23(19)30)26(34)18-33(25-13-9-8-12-22(25)29)38(36,37)21-10-6-5-7-11-21/h5-16,24H,3-4,17-18H2,1-2H3,(H,31,35)/t24-/m1/s1. The van der Waals surface area contributed by atoms with Crippen LogP contribution in [0.25, 0.3) is 0 Å². The van der Waals surface area contributed by atoms with Crippen molar-refractivity contribution >= 4 is 62.3 Å². The van der Waals surface area contributed by atoms with Crippen LogP contribution in [0.4, 0.5) is 5.69 Å². The fraction of sp³-hybridized carbons (Fsp3) is 0.259. The number of rotatable bonds is 11. The van der Waals surface area contributed by atoms with Gasteiger partial charge in [-0.05, 0) is 55.3 Å². The molecule has 0 saturated carbocycles. The Balaban J connectivity index is 2.08. The Bertz CT molecular complexity index is 1390. The molecule has 3 aromatic rings. The molecule has 202 valence electrons. The summed E-state index contributed by atoms with van der Waals surface area (Å²) < 4.78 is 28.5. The molecule has 0 radical (unpaired) electrons. The number of halogens is 3. The predicted octanol–water partition coefficient (Wildman–Crippen LogP) is 5.79. The van der Waals surface area contributed by atoms with Crippen LogP contribution >= 0.6 is 34.8 Å². The van der Waals surface area contributed by atoms with Crippen LogP contribution in [0.2, 0.25) is 15.1 Å². The van der Waals surface area contributed by atoms with Gasteiger partial charge in [0.1, 0.15) is 12.6 Å². The third-order valence-corrected chi connectivity index (χ3v) is 8.50. The summed E-state index contributed by atoms with van der Waals surface area (Å²) in [7, 11) is -4.20.